The number of hydrogen-bond donors (Lipinski definition) is 0. The normalized spacial score (nSPS) is 21.6. The second-order valence-corrected chi connectivity index (χ2v) is 9.02. The minimum atomic E-state index is -0.360. The quantitative estimate of drug-likeness (QED) is 0.594. The van der Waals surface area contributed by atoms with E-state index in [9.17, 15) is 14.4 Å². The van der Waals surface area contributed by atoms with Gasteiger partial charge in [-0.05, 0) is 48.6 Å². The SMILES string of the molecule is O=C(c1cnc2ccccn2c1=O)N1CC[C@H]2[C@H](CCC(=O)N2Cc2ccc3c(c2)OCO3)C1. The summed E-state index contributed by atoms with van der Waals surface area (Å²) in [6, 6.07) is 11.1. The fourth-order valence-corrected chi connectivity index (χ4v) is 5.32. The fourth-order valence-electron chi connectivity index (χ4n) is 5.32. The molecule has 2 saturated heterocycles. The molecule has 0 saturated carbocycles. The van der Waals surface area contributed by atoms with Crippen molar-refractivity contribution in [3.63, 3.8) is 0 Å². The van der Waals surface area contributed by atoms with E-state index in [2.05, 4.69) is 4.98 Å². The third-order valence-corrected chi connectivity index (χ3v) is 7.06. The van der Waals surface area contributed by atoms with Crippen molar-refractivity contribution >= 4 is 17.5 Å². The molecular weight excluding hydrogens is 436 g/mol. The molecule has 3 aromatic rings. The van der Waals surface area contributed by atoms with E-state index in [-0.39, 0.29) is 41.7 Å². The van der Waals surface area contributed by atoms with E-state index in [0.29, 0.717) is 43.9 Å². The Morgan fingerprint density at radius 1 is 1.09 bits per heavy atom. The van der Waals surface area contributed by atoms with E-state index >= 15 is 0 Å². The summed E-state index contributed by atoms with van der Waals surface area (Å²) >= 11 is 0. The Bertz CT molecular complexity index is 1350. The lowest BCUT2D eigenvalue weighted by Gasteiger charge is -2.47. The monoisotopic (exact) mass is 460 g/mol. The van der Waals surface area contributed by atoms with Crippen LogP contribution in [0.2, 0.25) is 0 Å². The second-order valence-electron chi connectivity index (χ2n) is 9.02. The Balaban J connectivity index is 1.20. The number of hydrogen-bond acceptors (Lipinski definition) is 6. The number of likely N-dealkylation sites (tertiary alicyclic amines) is 2. The van der Waals surface area contributed by atoms with E-state index in [1.54, 1.807) is 29.3 Å². The third-order valence-electron chi connectivity index (χ3n) is 7.06. The number of ether oxygens (including phenoxy) is 2. The number of benzene rings is 1. The molecule has 3 aliphatic rings. The van der Waals surface area contributed by atoms with Gasteiger partial charge in [0.05, 0.1) is 0 Å². The number of rotatable bonds is 3. The minimum Gasteiger partial charge on any atom is -0.454 e. The van der Waals surface area contributed by atoms with Crippen LogP contribution in [0.1, 0.15) is 35.2 Å². The number of carbonyl (C=O) groups excluding carboxylic acids is 2. The molecule has 1 aromatic carbocycles. The Hall–Kier alpha value is -3.88. The Labute approximate surface area is 195 Å². The highest BCUT2D eigenvalue weighted by Crippen LogP contribution is 2.36. The van der Waals surface area contributed by atoms with Crippen molar-refractivity contribution in [2.75, 3.05) is 19.9 Å². The summed E-state index contributed by atoms with van der Waals surface area (Å²) in [6.45, 7) is 1.72. The highest BCUT2D eigenvalue weighted by molar-refractivity contribution is 5.94. The molecule has 5 heterocycles. The molecule has 6 rings (SSSR count). The number of fused-ring (bicyclic) bond motifs is 3. The largest absolute Gasteiger partial charge is 0.454 e. The topological polar surface area (TPSA) is 93.5 Å². The Morgan fingerprint density at radius 2 is 1.97 bits per heavy atom. The molecule has 0 unspecified atom stereocenters. The molecule has 0 radical (unpaired) electrons. The first-order valence-electron chi connectivity index (χ1n) is 11.5. The molecule has 2 amide bonds. The zero-order chi connectivity index (χ0) is 23.2. The number of pyridine rings is 1. The summed E-state index contributed by atoms with van der Waals surface area (Å²) in [5, 5.41) is 0. The van der Waals surface area contributed by atoms with E-state index in [0.717, 1.165) is 17.7 Å². The summed E-state index contributed by atoms with van der Waals surface area (Å²) in [5.41, 5.74) is 1.21. The molecule has 34 heavy (non-hydrogen) atoms. The van der Waals surface area contributed by atoms with Crippen LogP contribution in [0.4, 0.5) is 0 Å². The van der Waals surface area contributed by atoms with Crippen LogP contribution in [0.5, 0.6) is 11.5 Å². The molecule has 9 heteroatoms. The van der Waals surface area contributed by atoms with E-state index in [1.165, 1.54) is 10.6 Å². The van der Waals surface area contributed by atoms with Gasteiger partial charge >= 0.3 is 0 Å². The molecule has 9 nitrogen and oxygen atoms in total. The van der Waals surface area contributed by atoms with Crippen molar-refractivity contribution < 1.29 is 19.1 Å². The molecular formula is C25H24N4O5. The molecule has 2 fully saturated rings. The van der Waals surface area contributed by atoms with Gasteiger partial charge < -0.3 is 19.3 Å². The lowest BCUT2D eigenvalue weighted by molar-refractivity contribution is -0.141. The van der Waals surface area contributed by atoms with Gasteiger partial charge in [-0.1, -0.05) is 12.1 Å². The Morgan fingerprint density at radius 3 is 2.88 bits per heavy atom. The summed E-state index contributed by atoms with van der Waals surface area (Å²) in [7, 11) is 0. The maximum absolute atomic E-state index is 13.3. The molecule has 0 spiro atoms. The highest BCUT2D eigenvalue weighted by Gasteiger charge is 2.41. The minimum absolute atomic E-state index is 0.0616. The van der Waals surface area contributed by atoms with Gasteiger partial charge in [0.15, 0.2) is 11.5 Å². The van der Waals surface area contributed by atoms with Gasteiger partial charge in [0, 0.05) is 44.5 Å². The van der Waals surface area contributed by atoms with Gasteiger partial charge in [0.1, 0.15) is 11.2 Å². The molecule has 2 atom stereocenters. The third kappa shape index (κ3) is 3.48. The van der Waals surface area contributed by atoms with Crippen LogP contribution in [0.25, 0.3) is 5.65 Å². The van der Waals surface area contributed by atoms with Gasteiger partial charge in [-0.3, -0.25) is 18.8 Å². The van der Waals surface area contributed by atoms with Crippen LogP contribution >= 0.6 is 0 Å². The number of carbonyl (C=O) groups is 2. The summed E-state index contributed by atoms with van der Waals surface area (Å²) in [4.78, 5) is 46.9. The lowest BCUT2D eigenvalue weighted by Crippen LogP contribution is -2.56. The predicted molar refractivity (Wildman–Crippen MR) is 122 cm³/mol. The van der Waals surface area contributed by atoms with Crippen LogP contribution in [-0.2, 0) is 11.3 Å². The van der Waals surface area contributed by atoms with Crippen molar-refractivity contribution in [1.82, 2.24) is 19.2 Å². The van der Waals surface area contributed by atoms with E-state index in [4.69, 9.17) is 9.47 Å². The molecule has 0 bridgehead atoms. The number of amides is 2. The Kier molecular flexibility index (Phi) is 4.97. The van der Waals surface area contributed by atoms with Crippen molar-refractivity contribution in [3.8, 4) is 11.5 Å². The highest BCUT2D eigenvalue weighted by atomic mass is 16.7. The van der Waals surface area contributed by atoms with Gasteiger partial charge in [0.2, 0.25) is 12.7 Å². The van der Waals surface area contributed by atoms with E-state index in [1.807, 2.05) is 23.1 Å². The maximum atomic E-state index is 13.3. The smallest absolute Gasteiger partial charge is 0.270 e. The lowest BCUT2D eigenvalue weighted by atomic mass is 9.83. The van der Waals surface area contributed by atoms with Crippen molar-refractivity contribution in [2.45, 2.75) is 31.8 Å². The molecule has 0 aliphatic carbocycles. The first-order valence-corrected chi connectivity index (χ1v) is 11.5. The average molecular weight is 460 g/mol. The zero-order valence-electron chi connectivity index (χ0n) is 18.6. The van der Waals surface area contributed by atoms with Gasteiger partial charge in [-0.25, -0.2) is 4.98 Å². The molecule has 2 aromatic heterocycles. The molecule has 174 valence electrons. The number of aromatic nitrogens is 2. The first kappa shape index (κ1) is 20.7. The standard InChI is InChI=1S/C25H24N4O5/c30-23-7-5-17-14-27(24(31)18-12-26-22-3-1-2-9-28(22)25(18)32)10-8-19(17)29(23)13-16-4-6-20-21(11-16)34-15-33-20/h1-4,6,9,11-12,17,19H,5,7-8,10,13-15H2/t17-,19+/m1/s1. The number of nitrogens with zero attached hydrogens (tertiary/aromatic N) is 4. The first-order chi connectivity index (χ1) is 16.6. The molecule has 0 N–H and O–H groups in total. The van der Waals surface area contributed by atoms with Crippen LogP contribution < -0.4 is 15.0 Å². The maximum Gasteiger partial charge on any atom is 0.270 e. The van der Waals surface area contributed by atoms with Crippen molar-refractivity contribution in [2.24, 2.45) is 5.92 Å². The van der Waals surface area contributed by atoms with Gasteiger partial charge in [-0.15, -0.1) is 0 Å². The predicted octanol–water partition coefficient (Wildman–Crippen LogP) is 2.08. The zero-order valence-corrected chi connectivity index (χ0v) is 18.6. The molecule has 3 aliphatic heterocycles. The number of piperidine rings is 2. The van der Waals surface area contributed by atoms with E-state index < -0.39 is 0 Å². The summed E-state index contributed by atoms with van der Waals surface area (Å²) in [6.07, 6.45) is 4.86. The van der Waals surface area contributed by atoms with Crippen molar-refractivity contribution in [1.29, 1.82) is 0 Å². The van der Waals surface area contributed by atoms with Gasteiger partial charge in [0.25, 0.3) is 11.5 Å². The van der Waals surface area contributed by atoms with Crippen LogP contribution in [0.3, 0.4) is 0 Å². The van der Waals surface area contributed by atoms with Crippen LogP contribution in [0, 0.1) is 5.92 Å². The summed E-state index contributed by atoms with van der Waals surface area (Å²) in [5.74, 6) is 1.43. The fraction of sp³-hybridized carbons (Fsp3) is 0.360. The average Bonchev–Trinajstić information content (AvgIpc) is 3.33. The second kappa shape index (κ2) is 8.16. The van der Waals surface area contributed by atoms with Crippen LogP contribution in [0.15, 0.2) is 53.6 Å². The van der Waals surface area contributed by atoms with Crippen molar-refractivity contribution in [3.05, 3.63) is 70.3 Å². The van der Waals surface area contributed by atoms with Crippen LogP contribution in [-0.4, -0.2) is 56.9 Å². The van der Waals surface area contributed by atoms with Gasteiger partial charge in [-0.2, -0.15) is 0 Å². The summed E-state index contributed by atoms with van der Waals surface area (Å²) < 4.78 is 12.3.